The van der Waals surface area contributed by atoms with Gasteiger partial charge in [-0.2, -0.15) is 0 Å². The summed E-state index contributed by atoms with van der Waals surface area (Å²) in [6.45, 7) is 9.72. The first-order valence-corrected chi connectivity index (χ1v) is 8.75. The van der Waals surface area contributed by atoms with Crippen LogP contribution in [0.4, 0.5) is 0 Å². The highest BCUT2D eigenvalue weighted by Crippen LogP contribution is 2.41. The Kier molecular flexibility index (Phi) is 4.05. The van der Waals surface area contributed by atoms with E-state index in [0.29, 0.717) is 24.7 Å². The summed E-state index contributed by atoms with van der Waals surface area (Å²) in [5, 5.41) is 0. The lowest BCUT2D eigenvalue weighted by Gasteiger charge is -2.53. The Bertz CT molecular complexity index is 428. The summed E-state index contributed by atoms with van der Waals surface area (Å²) in [5.41, 5.74) is 0.303. The van der Waals surface area contributed by atoms with E-state index in [1.165, 1.54) is 0 Å². The second kappa shape index (κ2) is 5.48. The lowest BCUT2D eigenvalue weighted by atomic mass is 9.74. The number of carbonyl (C=O) groups excluding carboxylic acids is 1. The monoisotopic (exact) mass is 309 g/mol. The number of hydrogen-bond acceptors (Lipinski definition) is 4. The largest absolute Gasteiger partial charge is 0.465 e. The van der Waals surface area contributed by atoms with Crippen LogP contribution in [0.15, 0.2) is 0 Å². The fourth-order valence-electron chi connectivity index (χ4n) is 4.63. The normalized spacial score (nSPS) is 37.4. The molecule has 3 aliphatic rings. The van der Waals surface area contributed by atoms with Crippen LogP contribution in [0.25, 0.3) is 0 Å². The molecule has 2 saturated heterocycles. The highest BCUT2D eigenvalue weighted by atomic mass is 16.6. The zero-order valence-corrected chi connectivity index (χ0v) is 14.7. The second-order valence-corrected chi connectivity index (χ2v) is 8.81. The number of carbonyl (C=O) groups is 1. The third kappa shape index (κ3) is 3.18. The van der Waals surface area contributed by atoms with Gasteiger partial charge in [0.05, 0.1) is 24.7 Å². The number of rotatable bonds is 3. The summed E-state index contributed by atoms with van der Waals surface area (Å²) < 4.78 is 11.2. The number of esters is 1. The Morgan fingerprint density at radius 1 is 1.14 bits per heavy atom. The van der Waals surface area contributed by atoms with Crippen molar-refractivity contribution in [3.05, 3.63) is 0 Å². The molecule has 0 amide bonds. The van der Waals surface area contributed by atoms with Crippen LogP contribution in [0.2, 0.25) is 0 Å². The molecule has 2 aliphatic heterocycles. The molecule has 4 heteroatoms. The molecule has 0 aromatic rings. The first-order valence-electron chi connectivity index (χ1n) is 8.75. The van der Waals surface area contributed by atoms with Crippen LogP contribution in [-0.4, -0.2) is 47.8 Å². The highest BCUT2D eigenvalue weighted by molar-refractivity contribution is 5.72. The van der Waals surface area contributed by atoms with Crippen LogP contribution in [0.5, 0.6) is 0 Å². The molecule has 0 aromatic carbocycles. The summed E-state index contributed by atoms with van der Waals surface area (Å²) >= 11 is 0. The van der Waals surface area contributed by atoms with E-state index in [2.05, 4.69) is 39.6 Å². The SMILES string of the molecule is CN1C(C)(C)CC(COC(=O)C2CCC3OC3C2)CC1(C)C. The van der Waals surface area contributed by atoms with E-state index in [9.17, 15) is 4.79 Å². The van der Waals surface area contributed by atoms with Gasteiger partial charge >= 0.3 is 5.97 Å². The van der Waals surface area contributed by atoms with Crippen molar-refractivity contribution in [2.75, 3.05) is 13.7 Å². The standard InChI is InChI=1S/C18H31NO3/c1-17(2)9-12(10-18(3,4)19(17)5)11-21-16(20)13-6-7-14-15(8-13)22-14/h12-15H,6-11H2,1-5H3. The zero-order chi connectivity index (χ0) is 16.1. The fraction of sp³-hybridized carbons (Fsp3) is 0.944. The average molecular weight is 309 g/mol. The lowest BCUT2D eigenvalue weighted by molar-refractivity contribution is -0.153. The third-order valence-electron chi connectivity index (χ3n) is 6.19. The van der Waals surface area contributed by atoms with Gasteiger partial charge < -0.3 is 9.47 Å². The summed E-state index contributed by atoms with van der Waals surface area (Å²) in [4.78, 5) is 14.8. The van der Waals surface area contributed by atoms with Crippen LogP contribution >= 0.6 is 0 Å². The molecule has 2 heterocycles. The van der Waals surface area contributed by atoms with E-state index in [-0.39, 0.29) is 23.0 Å². The molecule has 1 aliphatic carbocycles. The number of fused-ring (bicyclic) bond motifs is 1. The van der Waals surface area contributed by atoms with Gasteiger partial charge in [0.1, 0.15) is 0 Å². The van der Waals surface area contributed by atoms with Gasteiger partial charge in [-0.15, -0.1) is 0 Å². The van der Waals surface area contributed by atoms with E-state index in [4.69, 9.17) is 9.47 Å². The molecule has 3 atom stereocenters. The molecule has 1 saturated carbocycles. The van der Waals surface area contributed by atoms with Gasteiger partial charge in [-0.1, -0.05) is 0 Å². The van der Waals surface area contributed by atoms with E-state index >= 15 is 0 Å². The predicted molar refractivity (Wildman–Crippen MR) is 85.6 cm³/mol. The Hall–Kier alpha value is -0.610. The van der Waals surface area contributed by atoms with Gasteiger partial charge in [0.25, 0.3) is 0 Å². The molecular formula is C18H31NO3. The third-order valence-corrected chi connectivity index (χ3v) is 6.19. The van der Waals surface area contributed by atoms with Crippen molar-refractivity contribution >= 4 is 5.97 Å². The molecule has 3 rings (SSSR count). The Labute approximate surface area is 134 Å². The molecule has 22 heavy (non-hydrogen) atoms. The van der Waals surface area contributed by atoms with E-state index in [0.717, 1.165) is 32.1 Å². The number of ether oxygens (including phenoxy) is 2. The van der Waals surface area contributed by atoms with E-state index in [1.54, 1.807) is 0 Å². The predicted octanol–water partition coefficient (Wildman–Crippen LogP) is 3.00. The van der Waals surface area contributed by atoms with Gasteiger partial charge in [0.2, 0.25) is 0 Å². The molecule has 0 bridgehead atoms. The van der Waals surface area contributed by atoms with Crippen molar-refractivity contribution in [3.63, 3.8) is 0 Å². The summed E-state index contributed by atoms with van der Waals surface area (Å²) in [7, 11) is 2.20. The molecule has 0 spiro atoms. The van der Waals surface area contributed by atoms with Crippen LogP contribution in [0, 0.1) is 11.8 Å². The molecule has 3 fully saturated rings. The van der Waals surface area contributed by atoms with Crippen molar-refractivity contribution in [3.8, 4) is 0 Å². The van der Waals surface area contributed by atoms with Crippen molar-refractivity contribution < 1.29 is 14.3 Å². The molecule has 0 radical (unpaired) electrons. The maximum Gasteiger partial charge on any atom is 0.309 e. The second-order valence-electron chi connectivity index (χ2n) is 8.81. The molecule has 126 valence electrons. The molecule has 0 N–H and O–H groups in total. The van der Waals surface area contributed by atoms with Crippen LogP contribution in [0.3, 0.4) is 0 Å². The quantitative estimate of drug-likeness (QED) is 0.594. The molecule has 0 aromatic heterocycles. The minimum Gasteiger partial charge on any atom is -0.465 e. The van der Waals surface area contributed by atoms with E-state index in [1.807, 2.05) is 0 Å². The Morgan fingerprint density at radius 3 is 2.36 bits per heavy atom. The van der Waals surface area contributed by atoms with E-state index < -0.39 is 0 Å². The topological polar surface area (TPSA) is 42.1 Å². The molecule has 4 nitrogen and oxygen atoms in total. The number of likely N-dealkylation sites (tertiary alicyclic amines) is 1. The van der Waals surface area contributed by atoms with Crippen LogP contribution in [-0.2, 0) is 14.3 Å². The minimum absolute atomic E-state index is 0.00323. The zero-order valence-electron chi connectivity index (χ0n) is 14.7. The van der Waals surface area contributed by atoms with Gasteiger partial charge in [-0.25, -0.2) is 0 Å². The number of hydrogen-bond donors (Lipinski definition) is 0. The number of piperidine rings is 1. The Morgan fingerprint density at radius 2 is 1.77 bits per heavy atom. The maximum absolute atomic E-state index is 12.3. The van der Waals surface area contributed by atoms with Gasteiger partial charge in [0, 0.05) is 11.1 Å². The van der Waals surface area contributed by atoms with Gasteiger partial charge in [0.15, 0.2) is 0 Å². The van der Waals surface area contributed by atoms with Crippen molar-refractivity contribution in [1.82, 2.24) is 4.90 Å². The van der Waals surface area contributed by atoms with Crippen LogP contribution < -0.4 is 0 Å². The first kappa shape index (κ1) is 16.3. The van der Waals surface area contributed by atoms with Crippen molar-refractivity contribution in [2.45, 2.75) is 83.1 Å². The first-order chi connectivity index (χ1) is 10.2. The van der Waals surface area contributed by atoms with Crippen molar-refractivity contribution in [2.24, 2.45) is 11.8 Å². The minimum atomic E-state index is 0.00323. The van der Waals surface area contributed by atoms with Crippen molar-refractivity contribution in [1.29, 1.82) is 0 Å². The average Bonchev–Trinajstić information content (AvgIpc) is 3.19. The molecule has 3 unspecified atom stereocenters. The number of epoxide rings is 1. The smallest absolute Gasteiger partial charge is 0.309 e. The lowest BCUT2D eigenvalue weighted by Crippen LogP contribution is -2.59. The summed E-state index contributed by atoms with van der Waals surface area (Å²) in [6, 6.07) is 0. The summed E-state index contributed by atoms with van der Waals surface area (Å²) in [5.74, 6) is 0.526. The van der Waals surface area contributed by atoms with Crippen LogP contribution in [0.1, 0.15) is 59.8 Å². The molecular weight excluding hydrogens is 278 g/mol. The number of nitrogens with zero attached hydrogens (tertiary/aromatic N) is 1. The van der Waals surface area contributed by atoms with Gasteiger partial charge in [-0.05, 0) is 72.8 Å². The Balaban J connectivity index is 1.51. The highest BCUT2D eigenvalue weighted by Gasteiger charge is 2.47. The summed E-state index contributed by atoms with van der Waals surface area (Å²) in [6.07, 6.45) is 5.78. The maximum atomic E-state index is 12.3. The van der Waals surface area contributed by atoms with Gasteiger partial charge in [-0.3, -0.25) is 9.69 Å². The fourth-order valence-corrected chi connectivity index (χ4v) is 4.63.